The highest BCUT2D eigenvalue weighted by Crippen LogP contribution is 2.30. The van der Waals surface area contributed by atoms with E-state index in [2.05, 4.69) is 6.92 Å². The number of rotatable bonds is 12. The molecule has 2 aromatic carbocycles. The van der Waals surface area contributed by atoms with Gasteiger partial charge in [0, 0.05) is 0 Å². The zero-order valence-corrected chi connectivity index (χ0v) is 18.9. The van der Waals surface area contributed by atoms with Crippen molar-refractivity contribution < 1.29 is 23.9 Å². The van der Waals surface area contributed by atoms with Crippen LogP contribution in [0.5, 0.6) is 5.75 Å². The molecule has 32 heavy (non-hydrogen) atoms. The topological polar surface area (TPSA) is 72.9 Å². The number of esters is 1. The molecule has 1 aliphatic rings. The summed E-state index contributed by atoms with van der Waals surface area (Å²) in [6, 6.07) is 11.2. The van der Waals surface area contributed by atoms with E-state index in [1.165, 1.54) is 50.3 Å². The van der Waals surface area contributed by atoms with Crippen LogP contribution in [0.3, 0.4) is 0 Å². The first-order valence-corrected chi connectivity index (χ1v) is 11.4. The maximum atomic E-state index is 12.9. The Balaban J connectivity index is 1.54. The Morgan fingerprint density at radius 1 is 0.812 bits per heavy atom. The highest BCUT2D eigenvalue weighted by molar-refractivity contribution is 6.34. The van der Waals surface area contributed by atoms with Gasteiger partial charge in [-0.05, 0) is 48.9 Å². The van der Waals surface area contributed by atoms with Crippen LogP contribution < -0.4 is 9.64 Å². The van der Waals surface area contributed by atoms with Gasteiger partial charge >= 0.3 is 5.97 Å². The minimum atomic E-state index is -0.473. The van der Waals surface area contributed by atoms with Gasteiger partial charge in [-0.25, -0.2) is 9.69 Å². The molecule has 0 fully saturated rings. The first-order valence-electron chi connectivity index (χ1n) is 11.4. The lowest BCUT2D eigenvalue weighted by Gasteiger charge is -2.14. The lowest BCUT2D eigenvalue weighted by atomic mass is 10.1. The number of anilines is 1. The van der Waals surface area contributed by atoms with Crippen molar-refractivity contribution in [3.8, 4) is 5.75 Å². The van der Waals surface area contributed by atoms with Gasteiger partial charge < -0.3 is 9.47 Å². The quantitative estimate of drug-likeness (QED) is 0.239. The Labute approximate surface area is 189 Å². The van der Waals surface area contributed by atoms with Crippen molar-refractivity contribution in [3.63, 3.8) is 0 Å². The van der Waals surface area contributed by atoms with Crippen LogP contribution in [0.25, 0.3) is 0 Å². The van der Waals surface area contributed by atoms with Crippen LogP contribution >= 0.6 is 0 Å². The number of hydrogen-bond acceptors (Lipinski definition) is 5. The Kier molecular flexibility index (Phi) is 8.42. The minimum absolute atomic E-state index is 0.215. The van der Waals surface area contributed by atoms with Gasteiger partial charge in [-0.2, -0.15) is 0 Å². The second kappa shape index (κ2) is 11.5. The molecule has 2 amide bonds. The molecule has 6 nitrogen and oxygen atoms in total. The maximum absolute atomic E-state index is 12.9. The molecular formula is C26H31NO5. The standard InChI is InChI=1S/C26H31NO5/c1-3-4-5-6-7-8-9-10-17-32-26(30)19-11-16-22-23(18-19)25(29)27(24(22)28)20-12-14-21(31-2)15-13-20/h11-16,18H,3-10,17H2,1-2H3. The molecular weight excluding hydrogens is 406 g/mol. The van der Waals surface area contributed by atoms with Gasteiger partial charge in [0.05, 0.1) is 36.1 Å². The predicted molar refractivity (Wildman–Crippen MR) is 123 cm³/mol. The third-order valence-corrected chi connectivity index (χ3v) is 5.68. The number of unbranched alkanes of at least 4 members (excludes halogenated alkanes) is 7. The van der Waals surface area contributed by atoms with Crippen molar-refractivity contribution in [3.05, 3.63) is 59.2 Å². The Morgan fingerprint density at radius 2 is 1.44 bits per heavy atom. The number of nitrogens with zero attached hydrogens (tertiary/aromatic N) is 1. The van der Waals surface area contributed by atoms with Gasteiger partial charge in [0.25, 0.3) is 11.8 Å². The second-order valence-corrected chi connectivity index (χ2v) is 8.01. The molecule has 3 rings (SSSR count). The molecule has 0 aliphatic carbocycles. The van der Waals surface area contributed by atoms with Crippen LogP contribution in [0.15, 0.2) is 42.5 Å². The van der Waals surface area contributed by atoms with Crippen LogP contribution in [0, 0.1) is 0 Å². The van der Waals surface area contributed by atoms with E-state index in [0.29, 0.717) is 18.0 Å². The zero-order chi connectivity index (χ0) is 22.9. The van der Waals surface area contributed by atoms with E-state index in [9.17, 15) is 14.4 Å². The number of carbonyl (C=O) groups is 3. The van der Waals surface area contributed by atoms with Crippen molar-refractivity contribution in [2.24, 2.45) is 0 Å². The number of hydrogen-bond donors (Lipinski definition) is 0. The molecule has 1 heterocycles. The number of amides is 2. The molecule has 1 aliphatic heterocycles. The molecule has 0 unspecified atom stereocenters. The number of fused-ring (bicyclic) bond motifs is 1. The highest BCUT2D eigenvalue weighted by atomic mass is 16.5. The SMILES string of the molecule is CCCCCCCCCCOC(=O)c1ccc2c(c1)C(=O)N(c1ccc(OC)cc1)C2=O. The Morgan fingerprint density at radius 3 is 2.09 bits per heavy atom. The first kappa shape index (κ1) is 23.5. The average molecular weight is 438 g/mol. The summed E-state index contributed by atoms with van der Waals surface area (Å²) in [4.78, 5) is 39.2. The second-order valence-electron chi connectivity index (χ2n) is 8.01. The third kappa shape index (κ3) is 5.55. The van der Waals surface area contributed by atoms with E-state index in [4.69, 9.17) is 9.47 Å². The summed E-state index contributed by atoms with van der Waals surface area (Å²) in [7, 11) is 1.55. The summed E-state index contributed by atoms with van der Waals surface area (Å²) in [5.41, 5.74) is 1.23. The fraction of sp³-hybridized carbons (Fsp3) is 0.423. The molecule has 0 saturated heterocycles. The van der Waals surface area contributed by atoms with Gasteiger partial charge in [0.1, 0.15) is 5.75 Å². The van der Waals surface area contributed by atoms with Crippen molar-refractivity contribution in [2.75, 3.05) is 18.6 Å². The van der Waals surface area contributed by atoms with Crippen molar-refractivity contribution in [1.29, 1.82) is 0 Å². The summed E-state index contributed by atoms with van der Waals surface area (Å²) in [5, 5.41) is 0. The van der Waals surface area contributed by atoms with Crippen molar-refractivity contribution in [1.82, 2.24) is 0 Å². The van der Waals surface area contributed by atoms with Crippen LogP contribution in [-0.4, -0.2) is 31.5 Å². The molecule has 2 aromatic rings. The molecule has 0 radical (unpaired) electrons. The summed E-state index contributed by atoms with van der Waals surface area (Å²) >= 11 is 0. The fourth-order valence-electron chi connectivity index (χ4n) is 3.82. The van der Waals surface area contributed by atoms with Gasteiger partial charge in [-0.1, -0.05) is 51.9 Å². The molecule has 0 aromatic heterocycles. The number of benzene rings is 2. The zero-order valence-electron chi connectivity index (χ0n) is 18.9. The molecule has 0 spiro atoms. The summed E-state index contributed by atoms with van der Waals surface area (Å²) in [6.07, 6.45) is 9.34. The van der Waals surface area contributed by atoms with Crippen LogP contribution in [0.2, 0.25) is 0 Å². The van der Waals surface area contributed by atoms with E-state index in [1.54, 1.807) is 31.4 Å². The Bertz CT molecular complexity index is 951. The number of ether oxygens (including phenoxy) is 2. The largest absolute Gasteiger partial charge is 0.497 e. The van der Waals surface area contributed by atoms with Gasteiger partial charge in [-0.3, -0.25) is 9.59 Å². The summed E-state index contributed by atoms with van der Waals surface area (Å²) in [5.74, 6) is -0.701. The smallest absolute Gasteiger partial charge is 0.338 e. The van der Waals surface area contributed by atoms with E-state index in [-0.39, 0.29) is 16.7 Å². The maximum Gasteiger partial charge on any atom is 0.338 e. The highest BCUT2D eigenvalue weighted by Gasteiger charge is 2.37. The van der Waals surface area contributed by atoms with Crippen LogP contribution in [0.1, 0.15) is 89.4 Å². The number of imide groups is 1. The fourth-order valence-corrected chi connectivity index (χ4v) is 3.82. The molecule has 0 atom stereocenters. The van der Waals surface area contributed by atoms with Gasteiger partial charge in [0.2, 0.25) is 0 Å². The molecule has 0 bridgehead atoms. The third-order valence-electron chi connectivity index (χ3n) is 5.68. The van der Waals surface area contributed by atoms with E-state index in [1.807, 2.05) is 0 Å². The van der Waals surface area contributed by atoms with E-state index in [0.717, 1.165) is 24.2 Å². The molecule has 6 heteroatoms. The van der Waals surface area contributed by atoms with Crippen LogP contribution in [-0.2, 0) is 4.74 Å². The van der Waals surface area contributed by atoms with Gasteiger partial charge in [-0.15, -0.1) is 0 Å². The number of carbonyl (C=O) groups excluding carboxylic acids is 3. The molecule has 0 saturated carbocycles. The lowest BCUT2D eigenvalue weighted by Crippen LogP contribution is -2.29. The van der Waals surface area contributed by atoms with Gasteiger partial charge in [0.15, 0.2) is 0 Å². The number of methoxy groups -OCH3 is 1. The van der Waals surface area contributed by atoms with Crippen molar-refractivity contribution in [2.45, 2.75) is 58.3 Å². The first-order chi connectivity index (χ1) is 15.6. The van der Waals surface area contributed by atoms with Crippen LogP contribution in [0.4, 0.5) is 5.69 Å². The lowest BCUT2D eigenvalue weighted by molar-refractivity contribution is 0.0497. The summed E-state index contributed by atoms with van der Waals surface area (Å²) in [6.45, 7) is 2.57. The summed E-state index contributed by atoms with van der Waals surface area (Å²) < 4.78 is 10.5. The average Bonchev–Trinajstić information content (AvgIpc) is 3.07. The van der Waals surface area contributed by atoms with E-state index < -0.39 is 17.8 Å². The van der Waals surface area contributed by atoms with Crippen molar-refractivity contribution >= 4 is 23.5 Å². The monoisotopic (exact) mass is 437 g/mol. The normalized spacial score (nSPS) is 12.8. The predicted octanol–water partition coefficient (Wildman–Crippen LogP) is 5.79. The molecule has 0 N–H and O–H groups in total. The van der Waals surface area contributed by atoms with E-state index >= 15 is 0 Å². The molecule has 170 valence electrons. The minimum Gasteiger partial charge on any atom is -0.497 e. The Hall–Kier alpha value is -3.15.